The summed E-state index contributed by atoms with van der Waals surface area (Å²) >= 11 is 0. The molecule has 2 aromatic rings. The Balaban J connectivity index is 2.24. The quantitative estimate of drug-likeness (QED) is 0.893. The zero-order chi connectivity index (χ0) is 13.8. The van der Waals surface area contributed by atoms with Crippen molar-refractivity contribution in [3.8, 4) is 0 Å². The van der Waals surface area contributed by atoms with Crippen LogP contribution in [0.3, 0.4) is 0 Å². The maximum Gasteiger partial charge on any atom is 0.0951 e. The van der Waals surface area contributed by atoms with Gasteiger partial charge in [-0.15, -0.1) is 0 Å². The molecule has 0 amide bonds. The summed E-state index contributed by atoms with van der Waals surface area (Å²) in [4.78, 5) is 6.43. The summed E-state index contributed by atoms with van der Waals surface area (Å²) in [5, 5.41) is 0. The van der Waals surface area contributed by atoms with Crippen molar-refractivity contribution in [2.75, 3.05) is 20.6 Å². The Labute approximate surface area is 114 Å². The molecule has 0 radical (unpaired) electrons. The molecule has 0 saturated heterocycles. The van der Waals surface area contributed by atoms with Crippen LogP contribution in [0, 0.1) is 0 Å². The number of likely N-dealkylation sites (N-methyl/N-ethyl adjacent to an activating group) is 1. The van der Waals surface area contributed by atoms with E-state index in [1.807, 2.05) is 30.7 Å². The van der Waals surface area contributed by atoms with Gasteiger partial charge in [0.1, 0.15) is 0 Å². The van der Waals surface area contributed by atoms with E-state index in [2.05, 4.69) is 47.6 Å². The highest BCUT2D eigenvalue weighted by molar-refractivity contribution is 5.26. The first kappa shape index (κ1) is 13.8. The number of hydrogen-bond donors (Lipinski definition) is 1. The zero-order valence-electron chi connectivity index (χ0n) is 11.8. The predicted molar refractivity (Wildman–Crippen MR) is 78.0 cm³/mol. The highest BCUT2D eigenvalue weighted by atomic mass is 15.1. The average molecular weight is 258 g/mol. The molecule has 2 N–H and O–H groups in total. The van der Waals surface area contributed by atoms with Crippen LogP contribution in [0.1, 0.15) is 30.3 Å². The summed E-state index contributed by atoms with van der Waals surface area (Å²) in [7, 11) is 4.15. The Morgan fingerprint density at radius 1 is 1.26 bits per heavy atom. The molecule has 0 aliphatic rings. The molecular formula is C15H22N4. The summed E-state index contributed by atoms with van der Waals surface area (Å²) in [6.07, 6.45) is 3.73. The number of nitrogens with two attached hydrogens (primary N) is 1. The van der Waals surface area contributed by atoms with Crippen LogP contribution in [0.15, 0.2) is 42.9 Å². The van der Waals surface area contributed by atoms with E-state index in [9.17, 15) is 0 Å². The number of imidazole rings is 1. The van der Waals surface area contributed by atoms with Gasteiger partial charge in [0.05, 0.1) is 24.3 Å². The normalized spacial score (nSPS) is 14.6. The molecule has 0 bridgehead atoms. The fraction of sp³-hybridized carbons (Fsp3) is 0.400. The Hall–Kier alpha value is -1.65. The smallest absolute Gasteiger partial charge is 0.0951 e. The summed E-state index contributed by atoms with van der Waals surface area (Å²) in [5.41, 5.74) is 8.52. The molecule has 1 heterocycles. The topological polar surface area (TPSA) is 47.1 Å². The maximum absolute atomic E-state index is 6.36. The first-order valence-corrected chi connectivity index (χ1v) is 6.56. The molecule has 0 aliphatic heterocycles. The standard InChI is InChI=1S/C15H22N4/c1-12(10-18(2)3)19-11-17-9-14(19)15(16)13-7-5-4-6-8-13/h4-9,11-12,15H,10,16H2,1-3H3. The minimum absolute atomic E-state index is 0.131. The van der Waals surface area contributed by atoms with E-state index in [1.54, 1.807) is 0 Å². The second kappa shape index (κ2) is 5.99. The fourth-order valence-corrected chi connectivity index (χ4v) is 2.37. The summed E-state index contributed by atoms with van der Waals surface area (Å²) in [6, 6.07) is 10.4. The third-order valence-corrected chi connectivity index (χ3v) is 3.28. The molecule has 2 atom stereocenters. The third-order valence-electron chi connectivity index (χ3n) is 3.28. The maximum atomic E-state index is 6.36. The molecule has 0 spiro atoms. The summed E-state index contributed by atoms with van der Waals surface area (Å²) < 4.78 is 2.16. The second-order valence-electron chi connectivity index (χ2n) is 5.23. The minimum atomic E-state index is -0.131. The van der Waals surface area contributed by atoms with Crippen molar-refractivity contribution in [1.82, 2.24) is 14.5 Å². The van der Waals surface area contributed by atoms with Crippen LogP contribution >= 0.6 is 0 Å². The van der Waals surface area contributed by atoms with Gasteiger partial charge in [0.25, 0.3) is 0 Å². The number of benzene rings is 1. The van der Waals surface area contributed by atoms with Gasteiger partial charge in [-0.25, -0.2) is 4.98 Å². The Morgan fingerprint density at radius 3 is 2.58 bits per heavy atom. The van der Waals surface area contributed by atoms with Crippen LogP contribution in [-0.4, -0.2) is 35.1 Å². The lowest BCUT2D eigenvalue weighted by Crippen LogP contribution is -2.25. The number of hydrogen-bond acceptors (Lipinski definition) is 3. The van der Waals surface area contributed by atoms with E-state index in [0.29, 0.717) is 6.04 Å². The summed E-state index contributed by atoms with van der Waals surface area (Å²) in [5.74, 6) is 0. The van der Waals surface area contributed by atoms with Gasteiger partial charge in [-0.3, -0.25) is 0 Å². The number of aromatic nitrogens is 2. The number of nitrogens with zero attached hydrogens (tertiary/aromatic N) is 3. The molecule has 0 aliphatic carbocycles. The first-order valence-electron chi connectivity index (χ1n) is 6.56. The molecule has 1 aromatic heterocycles. The lowest BCUT2D eigenvalue weighted by atomic mass is 10.0. The molecule has 19 heavy (non-hydrogen) atoms. The molecule has 2 rings (SSSR count). The highest BCUT2D eigenvalue weighted by Crippen LogP contribution is 2.22. The van der Waals surface area contributed by atoms with Gasteiger partial charge >= 0.3 is 0 Å². The molecule has 0 saturated carbocycles. The molecular weight excluding hydrogens is 236 g/mol. The Bertz CT molecular complexity index is 504. The van der Waals surface area contributed by atoms with Gasteiger partial charge in [0, 0.05) is 12.6 Å². The minimum Gasteiger partial charge on any atom is -0.329 e. The fourth-order valence-electron chi connectivity index (χ4n) is 2.37. The van der Waals surface area contributed by atoms with Gasteiger partial charge in [-0.2, -0.15) is 0 Å². The van der Waals surface area contributed by atoms with Crippen molar-refractivity contribution in [2.24, 2.45) is 5.73 Å². The Morgan fingerprint density at radius 2 is 1.95 bits per heavy atom. The van der Waals surface area contributed by atoms with Crippen LogP contribution < -0.4 is 5.73 Å². The van der Waals surface area contributed by atoms with E-state index in [-0.39, 0.29) is 6.04 Å². The van der Waals surface area contributed by atoms with Crippen LogP contribution in [0.4, 0.5) is 0 Å². The zero-order valence-corrected chi connectivity index (χ0v) is 11.8. The van der Waals surface area contributed by atoms with E-state index >= 15 is 0 Å². The lowest BCUT2D eigenvalue weighted by Gasteiger charge is -2.23. The van der Waals surface area contributed by atoms with Crippen molar-refractivity contribution in [2.45, 2.75) is 19.0 Å². The van der Waals surface area contributed by atoms with Crippen LogP contribution in [0.2, 0.25) is 0 Å². The van der Waals surface area contributed by atoms with Crippen LogP contribution in [-0.2, 0) is 0 Å². The van der Waals surface area contributed by atoms with Gasteiger partial charge in [-0.05, 0) is 26.6 Å². The third kappa shape index (κ3) is 3.22. The predicted octanol–water partition coefficient (Wildman–Crippen LogP) is 2.05. The van der Waals surface area contributed by atoms with Crippen molar-refractivity contribution in [1.29, 1.82) is 0 Å². The van der Waals surface area contributed by atoms with Gasteiger partial charge in [0.2, 0.25) is 0 Å². The Kier molecular flexibility index (Phi) is 4.35. The highest BCUT2D eigenvalue weighted by Gasteiger charge is 2.17. The summed E-state index contributed by atoms with van der Waals surface area (Å²) in [6.45, 7) is 3.15. The molecule has 1 aromatic carbocycles. The van der Waals surface area contributed by atoms with E-state index < -0.39 is 0 Å². The van der Waals surface area contributed by atoms with E-state index in [1.165, 1.54) is 0 Å². The molecule has 102 valence electrons. The van der Waals surface area contributed by atoms with Crippen molar-refractivity contribution < 1.29 is 0 Å². The first-order chi connectivity index (χ1) is 9.09. The SMILES string of the molecule is CC(CN(C)C)n1cncc1C(N)c1ccccc1. The van der Waals surface area contributed by atoms with Crippen LogP contribution in [0.25, 0.3) is 0 Å². The van der Waals surface area contributed by atoms with Gasteiger partial charge in [0.15, 0.2) is 0 Å². The molecule has 0 fully saturated rings. The van der Waals surface area contributed by atoms with Gasteiger partial charge in [-0.1, -0.05) is 30.3 Å². The average Bonchev–Trinajstić information content (AvgIpc) is 2.87. The monoisotopic (exact) mass is 258 g/mol. The largest absolute Gasteiger partial charge is 0.329 e. The van der Waals surface area contributed by atoms with Crippen molar-refractivity contribution in [3.05, 3.63) is 54.1 Å². The molecule has 4 heteroatoms. The van der Waals surface area contributed by atoms with Crippen molar-refractivity contribution >= 4 is 0 Å². The molecule has 2 unspecified atom stereocenters. The van der Waals surface area contributed by atoms with E-state index in [0.717, 1.165) is 17.8 Å². The van der Waals surface area contributed by atoms with Crippen LogP contribution in [0.5, 0.6) is 0 Å². The van der Waals surface area contributed by atoms with E-state index in [4.69, 9.17) is 5.73 Å². The lowest BCUT2D eigenvalue weighted by molar-refractivity contribution is 0.332. The molecule has 4 nitrogen and oxygen atoms in total. The van der Waals surface area contributed by atoms with Crippen molar-refractivity contribution in [3.63, 3.8) is 0 Å². The second-order valence-corrected chi connectivity index (χ2v) is 5.23. The number of rotatable bonds is 5. The van der Waals surface area contributed by atoms with Gasteiger partial charge < -0.3 is 15.2 Å².